The van der Waals surface area contributed by atoms with Crippen molar-refractivity contribution in [3.05, 3.63) is 0 Å². The van der Waals surface area contributed by atoms with Crippen molar-refractivity contribution in [3.8, 4) is 0 Å². The van der Waals surface area contributed by atoms with Crippen LogP contribution in [0.1, 0.15) is 81.0 Å². The molecular formula is C13H32. The summed E-state index contributed by atoms with van der Waals surface area (Å²) >= 11 is 0. The van der Waals surface area contributed by atoms with Crippen LogP contribution in [0.15, 0.2) is 0 Å². The molecule has 0 amide bonds. The predicted molar refractivity (Wildman–Crippen MR) is 66.3 cm³/mol. The van der Waals surface area contributed by atoms with Crippen molar-refractivity contribution in [1.29, 1.82) is 0 Å². The molecule has 1 aliphatic rings. The summed E-state index contributed by atoms with van der Waals surface area (Å²) < 4.78 is 0. The Labute approximate surface area is 87.6 Å². The third-order valence-corrected chi connectivity index (χ3v) is 2.39. The van der Waals surface area contributed by atoms with Gasteiger partial charge in [-0.3, -0.25) is 0 Å². The Hall–Kier alpha value is 0. The van der Waals surface area contributed by atoms with Crippen molar-refractivity contribution in [3.63, 3.8) is 0 Å². The molecule has 0 spiro atoms. The highest BCUT2D eigenvalue weighted by atomic mass is 14.1. The summed E-state index contributed by atoms with van der Waals surface area (Å²) in [6, 6.07) is 0. The monoisotopic (exact) mass is 188 g/mol. The lowest BCUT2D eigenvalue weighted by Gasteiger charge is -2.13. The summed E-state index contributed by atoms with van der Waals surface area (Å²) in [6.07, 6.45) is 10.4. The quantitative estimate of drug-likeness (QED) is 0.460. The zero-order valence-electron chi connectivity index (χ0n) is 10.5. The van der Waals surface area contributed by atoms with Gasteiger partial charge in [-0.05, 0) is 5.92 Å². The Kier molecular flexibility index (Phi) is 17.3. The van der Waals surface area contributed by atoms with E-state index in [0.29, 0.717) is 0 Å². The Morgan fingerprint density at radius 2 is 1.00 bits per heavy atom. The molecule has 0 aliphatic heterocycles. The van der Waals surface area contributed by atoms with Gasteiger partial charge in [-0.2, -0.15) is 0 Å². The zero-order valence-corrected chi connectivity index (χ0v) is 10.5. The first kappa shape index (κ1) is 15.5. The van der Waals surface area contributed by atoms with E-state index in [0.717, 1.165) is 5.92 Å². The normalized spacial score (nSPS) is 18.2. The predicted octanol–water partition coefficient (Wildman–Crippen LogP) is 5.67. The van der Waals surface area contributed by atoms with Crippen LogP contribution < -0.4 is 0 Å². The SMILES string of the molecule is CC.CC.CC1CCCCCCC1.[HH]. The van der Waals surface area contributed by atoms with E-state index < -0.39 is 0 Å². The fourth-order valence-corrected chi connectivity index (χ4v) is 1.66. The summed E-state index contributed by atoms with van der Waals surface area (Å²) in [5.74, 6) is 1.02. The molecule has 1 rings (SSSR count). The number of hydrogen-bond acceptors (Lipinski definition) is 0. The van der Waals surface area contributed by atoms with Crippen LogP contribution in [0, 0.1) is 5.92 Å². The lowest BCUT2D eigenvalue weighted by molar-refractivity contribution is 0.404. The first-order valence-corrected chi connectivity index (χ1v) is 6.39. The van der Waals surface area contributed by atoms with Gasteiger partial charge in [-0.1, -0.05) is 79.6 Å². The molecule has 0 aromatic heterocycles. The fourth-order valence-electron chi connectivity index (χ4n) is 1.66. The highest BCUT2D eigenvalue weighted by Crippen LogP contribution is 2.20. The van der Waals surface area contributed by atoms with Gasteiger partial charge in [0.05, 0.1) is 0 Å². The molecule has 0 bridgehead atoms. The van der Waals surface area contributed by atoms with Gasteiger partial charge in [0.15, 0.2) is 0 Å². The van der Waals surface area contributed by atoms with E-state index >= 15 is 0 Å². The minimum atomic E-state index is 0. The summed E-state index contributed by atoms with van der Waals surface area (Å²) in [5.41, 5.74) is 0. The molecule has 0 N–H and O–H groups in total. The van der Waals surface area contributed by atoms with E-state index in [4.69, 9.17) is 0 Å². The second-order valence-electron chi connectivity index (χ2n) is 3.45. The maximum absolute atomic E-state index is 2.39. The van der Waals surface area contributed by atoms with Crippen LogP contribution in [-0.2, 0) is 0 Å². The molecule has 0 aromatic carbocycles. The van der Waals surface area contributed by atoms with E-state index in [2.05, 4.69) is 6.92 Å². The van der Waals surface area contributed by atoms with Gasteiger partial charge >= 0.3 is 0 Å². The molecule has 1 fully saturated rings. The molecule has 0 heteroatoms. The fraction of sp³-hybridized carbons (Fsp3) is 1.00. The van der Waals surface area contributed by atoms with Crippen LogP contribution in [0.25, 0.3) is 0 Å². The molecule has 0 radical (unpaired) electrons. The maximum atomic E-state index is 2.39. The smallest absolute Gasteiger partial charge is 0 e. The second-order valence-corrected chi connectivity index (χ2v) is 3.45. The van der Waals surface area contributed by atoms with E-state index in [-0.39, 0.29) is 1.43 Å². The van der Waals surface area contributed by atoms with E-state index in [1.807, 2.05) is 27.7 Å². The van der Waals surface area contributed by atoms with Gasteiger partial charge in [-0.25, -0.2) is 0 Å². The number of hydrogen-bond donors (Lipinski definition) is 0. The van der Waals surface area contributed by atoms with Gasteiger partial charge in [0.25, 0.3) is 0 Å². The Balaban J connectivity index is -0.000000216. The molecule has 84 valence electrons. The first-order chi connectivity index (χ1) is 6.39. The minimum Gasteiger partial charge on any atom is -0.0683 e. The van der Waals surface area contributed by atoms with Crippen molar-refractivity contribution in [2.24, 2.45) is 5.92 Å². The average molecular weight is 188 g/mol. The standard InChI is InChI=1S/C9H18.2C2H6.H2/c1-9-7-5-3-2-4-6-8-9;2*1-2;/h9H,2-8H2,1H3;2*1-2H3;1H. The summed E-state index contributed by atoms with van der Waals surface area (Å²) in [6.45, 7) is 10.4. The van der Waals surface area contributed by atoms with Crippen molar-refractivity contribution >= 4 is 0 Å². The van der Waals surface area contributed by atoms with Crippen LogP contribution in [-0.4, -0.2) is 0 Å². The first-order valence-electron chi connectivity index (χ1n) is 6.39. The maximum Gasteiger partial charge on any atom is 0 e. The molecule has 0 saturated heterocycles. The molecule has 13 heavy (non-hydrogen) atoms. The summed E-state index contributed by atoms with van der Waals surface area (Å²) in [5, 5.41) is 0. The lowest BCUT2D eigenvalue weighted by atomic mass is 9.93. The van der Waals surface area contributed by atoms with Gasteiger partial charge in [0, 0.05) is 1.43 Å². The second kappa shape index (κ2) is 14.5. The Morgan fingerprint density at radius 3 is 1.38 bits per heavy atom. The van der Waals surface area contributed by atoms with Crippen molar-refractivity contribution in [1.82, 2.24) is 0 Å². The van der Waals surface area contributed by atoms with Gasteiger partial charge in [0.1, 0.15) is 0 Å². The van der Waals surface area contributed by atoms with E-state index in [9.17, 15) is 0 Å². The minimum absolute atomic E-state index is 0. The molecule has 0 heterocycles. The van der Waals surface area contributed by atoms with Crippen LogP contribution in [0.3, 0.4) is 0 Å². The molecule has 1 saturated carbocycles. The average Bonchev–Trinajstić information content (AvgIpc) is 2.18. The van der Waals surface area contributed by atoms with Crippen molar-refractivity contribution < 1.29 is 1.43 Å². The summed E-state index contributed by atoms with van der Waals surface area (Å²) in [4.78, 5) is 0. The molecule has 0 unspecified atom stereocenters. The number of rotatable bonds is 0. The van der Waals surface area contributed by atoms with Gasteiger partial charge < -0.3 is 0 Å². The Morgan fingerprint density at radius 1 is 0.692 bits per heavy atom. The van der Waals surface area contributed by atoms with Crippen molar-refractivity contribution in [2.75, 3.05) is 0 Å². The summed E-state index contributed by atoms with van der Waals surface area (Å²) in [7, 11) is 0. The molecule has 0 aromatic rings. The highest BCUT2D eigenvalue weighted by Gasteiger charge is 2.04. The molecular weight excluding hydrogens is 156 g/mol. The van der Waals surface area contributed by atoms with Crippen LogP contribution in [0.4, 0.5) is 0 Å². The van der Waals surface area contributed by atoms with E-state index in [1.165, 1.54) is 44.9 Å². The van der Waals surface area contributed by atoms with Gasteiger partial charge in [-0.15, -0.1) is 0 Å². The molecule has 0 nitrogen and oxygen atoms in total. The zero-order chi connectivity index (χ0) is 10.5. The van der Waals surface area contributed by atoms with Crippen LogP contribution >= 0.6 is 0 Å². The largest absolute Gasteiger partial charge is 0.0683 e. The highest BCUT2D eigenvalue weighted by molar-refractivity contribution is 4.58. The Bertz CT molecular complexity index is 63.6. The van der Waals surface area contributed by atoms with Gasteiger partial charge in [0.2, 0.25) is 0 Å². The lowest BCUT2D eigenvalue weighted by Crippen LogP contribution is -1.97. The van der Waals surface area contributed by atoms with Crippen LogP contribution in [0.2, 0.25) is 0 Å². The van der Waals surface area contributed by atoms with Crippen LogP contribution in [0.5, 0.6) is 0 Å². The third kappa shape index (κ3) is 12.0. The third-order valence-electron chi connectivity index (χ3n) is 2.39. The van der Waals surface area contributed by atoms with Crippen molar-refractivity contribution in [2.45, 2.75) is 79.6 Å². The topological polar surface area (TPSA) is 0 Å². The molecule has 0 atom stereocenters. The van der Waals surface area contributed by atoms with E-state index in [1.54, 1.807) is 0 Å². The molecule has 1 aliphatic carbocycles.